The van der Waals surface area contributed by atoms with E-state index in [4.69, 9.17) is 9.47 Å². The number of cyclic esters (lactones) is 2. The van der Waals surface area contributed by atoms with Gasteiger partial charge in [-0.3, -0.25) is 0 Å². The second-order valence-corrected chi connectivity index (χ2v) is 3.38. The van der Waals surface area contributed by atoms with Crippen LogP contribution in [0, 0.1) is 0 Å². The first-order chi connectivity index (χ1) is 7.58. The first-order valence-electron chi connectivity index (χ1n) is 5.02. The zero-order valence-electron chi connectivity index (χ0n) is 8.95. The summed E-state index contributed by atoms with van der Waals surface area (Å²) in [4.78, 5) is 10.8. The molecule has 6 heteroatoms. The third-order valence-corrected chi connectivity index (χ3v) is 2.03. The van der Waals surface area contributed by atoms with Gasteiger partial charge in [0.1, 0.15) is 0 Å². The summed E-state index contributed by atoms with van der Waals surface area (Å²) in [6, 6.07) is 0. The summed E-state index contributed by atoms with van der Waals surface area (Å²) in [6.45, 7) is 1.86. The van der Waals surface area contributed by atoms with E-state index in [0.717, 1.165) is 12.5 Å². The topological polar surface area (TPSA) is 44.8 Å². The summed E-state index contributed by atoms with van der Waals surface area (Å²) in [7, 11) is 0. The fourth-order valence-corrected chi connectivity index (χ4v) is 1.39. The molecule has 92 valence electrons. The molecule has 0 aromatic carbocycles. The molecule has 1 heterocycles. The van der Waals surface area contributed by atoms with Gasteiger partial charge >= 0.3 is 6.16 Å². The van der Waals surface area contributed by atoms with Crippen molar-refractivity contribution >= 4 is 6.16 Å². The normalized spacial score (nSPS) is 25.1. The van der Waals surface area contributed by atoms with Crippen LogP contribution in [-0.4, -0.2) is 31.6 Å². The van der Waals surface area contributed by atoms with Gasteiger partial charge in [-0.1, -0.05) is 13.0 Å². The minimum absolute atomic E-state index is 0.00217. The van der Waals surface area contributed by atoms with Crippen molar-refractivity contribution in [2.75, 3.05) is 13.2 Å². The van der Waals surface area contributed by atoms with Crippen LogP contribution in [0.4, 0.5) is 13.6 Å². The van der Waals surface area contributed by atoms with Crippen LogP contribution in [0.2, 0.25) is 0 Å². The summed E-state index contributed by atoms with van der Waals surface area (Å²) >= 11 is 0. The minimum atomic E-state index is -2.51. The van der Waals surface area contributed by atoms with Gasteiger partial charge < -0.3 is 14.2 Å². The Bertz CT molecular complexity index is 268. The molecule has 1 unspecified atom stereocenters. The van der Waals surface area contributed by atoms with Gasteiger partial charge in [-0.2, -0.15) is 0 Å². The van der Waals surface area contributed by atoms with Crippen LogP contribution < -0.4 is 0 Å². The largest absolute Gasteiger partial charge is 0.511 e. The van der Waals surface area contributed by atoms with Crippen molar-refractivity contribution in [2.24, 2.45) is 0 Å². The lowest BCUT2D eigenvalue weighted by Crippen LogP contribution is -2.35. The van der Waals surface area contributed by atoms with E-state index in [2.05, 4.69) is 4.74 Å². The number of hydrogen-bond donors (Lipinski definition) is 0. The minimum Gasteiger partial charge on any atom is -0.427 e. The second kappa shape index (κ2) is 5.79. The van der Waals surface area contributed by atoms with E-state index in [1.807, 2.05) is 6.92 Å². The van der Waals surface area contributed by atoms with Gasteiger partial charge in [-0.25, -0.2) is 13.6 Å². The summed E-state index contributed by atoms with van der Waals surface area (Å²) in [5.41, 5.74) is 0. The molecule has 1 rings (SSSR count). The average Bonchev–Trinajstić information content (AvgIpc) is 2.56. The molecular formula is C10H14F2O4. The monoisotopic (exact) mass is 236 g/mol. The van der Waals surface area contributed by atoms with Crippen molar-refractivity contribution in [3.05, 3.63) is 12.2 Å². The Balaban J connectivity index is 2.43. The van der Waals surface area contributed by atoms with Crippen molar-refractivity contribution in [1.82, 2.24) is 0 Å². The standard InChI is InChI=1S/C10H14F2O4/c1-2-5-10(7-14-9(13)16-10)15-6-3-4-8(11)12/h3-4,8H,2,5-7H2,1H3. The molecule has 0 aliphatic carbocycles. The zero-order valence-corrected chi connectivity index (χ0v) is 8.95. The molecule has 4 nitrogen and oxygen atoms in total. The molecule has 1 fully saturated rings. The number of allylic oxidation sites excluding steroid dienone is 1. The third kappa shape index (κ3) is 3.77. The number of halogens is 2. The lowest BCUT2D eigenvalue weighted by Gasteiger charge is -2.23. The molecule has 0 amide bonds. The van der Waals surface area contributed by atoms with Crippen LogP contribution in [0.3, 0.4) is 0 Å². The molecule has 1 atom stereocenters. The fraction of sp³-hybridized carbons (Fsp3) is 0.700. The van der Waals surface area contributed by atoms with Crippen molar-refractivity contribution < 1.29 is 27.8 Å². The molecule has 0 spiro atoms. The summed E-state index contributed by atoms with van der Waals surface area (Å²) in [6.07, 6.45) is -0.179. The van der Waals surface area contributed by atoms with E-state index >= 15 is 0 Å². The van der Waals surface area contributed by atoms with E-state index in [1.165, 1.54) is 6.08 Å². The maximum absolute atomic E-state index is 11.8. The number of rotatable bonds is 6. The molecular weight excluding hydrogens is 222 g/mol. The van der Waals surface area contributed by atoms with Crippen molar-refractivity contribution in [2.45, 2.75) is 32.0 Å². The first kappa shape index (κ1) is 12.9. The molecule has 16 heavy (non-hydrogen) atoms. The maximum atomic E-state index is 11.8. The first-order valence-corrected chi connectivity index (χ1v) is 5.02. The Morgan fingerprint density at radius 1 is 1.62 bits per heavy atom. The van der Waals surface area contributed by atoms with Crippen molar-refractivity contribution in [1.29, 1.82) is 0 Å². The van der Waals surface area contributed by atoms with Crippen LogP contribution in [0.1, 0.15) is 19.8 Å². The summed E-state index contributed by atoms with van der Waals surface area (Å²) < 4.78 is 38.4. The van der Waals surface area contributed by atoms with E-state index in [-0.39, 0.29) is 13.2 Å². The molecule has 1 aliphatic heterocycles. The van der Waals surface area contributed by atoms with Crippen LogP contribution in [0.5, 0.6) is 0 Å². The van der Waals surface area contributed by atoms with Gasteiger partial charge in [0.15, 0.2) is 6.61 Å². The van der Waals surface area contributed by atoms with Crippen LogP contribution in [0.25, 0.3) is 0 Å². The molecule has 0 radical (unpaired) electrons. The predicted molar refractivity (Wildman–Crippen MR) is 51.2 cm³/mol. The lowest BCUT2D eigenvalue weighted by atomic mass is 10.1. The second-order valence-electron chi connectivity index (χ2n) is 3.38. The lowest BCUT2D eigenvalue weighted by molar-refractivity contribution is -0.176. The fourth-order valence-electron chi connectivity index (χ4n) is 1.39. The number of ether oxygens (including phenoxy) is 3. The van der Waals surface area contributed by atoms with Gasteiger partial charge in [-0.15, -0.1) is 0 Å². The Hall–Kier alpha value is -1.17. The summed E-state index contributed by atoms with van der Waals surface area (Å²) in [5.74, 6) is -1.11. The Kier molecular flexibility index (Phi) is 4.67. The van der Waals surface area contributed by atoms with Gasteiger partial charge in [0.25, 0.3) is 12.2 Å². The van der Waals surface area contributed by atoms with Crippen LogP contribution >= 0.6 is 0 Å². The van der Waals surface area contributed by atoms with Gasteiger partial charge in [0.05, 0.1) is 6.61 Å². The molecule has 0 aromatic rings. The van der Waals surface area contributed by atoms with E-state index < -0.39 is 18.4 Å². The van der Waals surface area contributed by atoms with E-state index in [1.54, 1.807) is 0 Å². The third-order valence-electron chi connectivity index (χ3n) is 2.03. The molecule has 1 saturated heterocycles. The van der Waals surface area contributed by atoms with Gasteiger partial charge in [-0.05, 0) is 12.5 Å². The molecule has 1 aliphatic rings. The van der Waals surface area contributed by atoms with Crippen molar-refractivity contribution in [3.63, 3.8) is 0 Å². The van der Waals surface area contributed by atoms with Gasteiger partial charge in [0, 0.05) is 6.42 Å². The average molecular weight is 236 g/mol. The number of alkyl halides is 2. The highest BCUT2D eigenvalue weighted by atomic mass is 19.3. The number of carbonyl (C=O) groups excluding carboxylic acids is 1. The van der Waals surface area contributed by atoms with Crippen molar-refractivity contribution in [3.8, 4) is 0 Å². The highest BCUT2D eigenvalue weighted by molar-refractivity contribution is 5.62. The number of hydrogen-bond acceptors (Lipinski definition) is 4. The maximum Gasteiger partial charge on any atom is 0.511 e. The Morgan fingerprint density at radius 3 is 2.88 bits per heavy atom. The van der Waals surface area contributed by atoms with Crippen LogP contribution in [-0.2, 0) is 14.2 Å². The predicted octanol–water partition coefficient (Wildman–Crippen LogP) is 2.49. The van der Waals surface area contributed by atoms with Crippen LogP contribution in [0.15, 0.2) is 12.2 Å². The summed E-state index contributed by atoms with van der Waals surface area (Å²) in [5, 5.41) is 0. The van der Waals surface area contributed by atoms with Gasteiger partial charge in [0.2, 0.25) is 0 Å². The number of carbonyl (C=O) groups is 1. The molecule has 0 saturated carbocycles. The molecule has 0 N–H and O–H groups in total. The van der Waals surface area contributed by atoms with E-state index in [0.29, 0.717) is 6.42 Å². The molecule has 0 bridgehead atoms. The highest BCUT2D eigenvalue weighted by Crippen LogP contribution is 2.26. The quantitative estimate of drug-likeness (QED) is 0.525. The van der Waals surface area contributed by atoms with E-state index in [9.17, 15) is 13.6 Å². The zero-order chi connectivity index (χ0) is 12.0. The molecule has 0 aromatic heterocycles. The highest BCUT2D eigenvalue weighted by Gasteiger charge is 2.42. The SMILES string of the molecule is CCCC1(OCC=CC(F)F)COC(=O)O1. The smallest absolute Gasteiger partial charge is 0.427 e. The Morgan fingerprint density at radius 2 is 2.38 bits per heavy atom. The Labute approximate surface area is 92.2 Å².